The Balaban J connectivity index is 2.15. The summed E-state index contributed by atoms with van der Waals surface area (Å²) in [5.74, 6) is 0.817. The van der Waals surface area contributed by atoms with Crippen molar-refractivity contribution < 1.29 is 14.7 Å². The van der Waals surface area contributed by atoms with Gasteiger partial charge in [-0.2, -0.15) is 11.8 Å². The summed E-state index contributed by atoms with van der Waals surface area (Å²) in [6, 6.07) is 2.40. The summed E-state index contributed by atoms with van der Waals surface area (Å²) in [6.45, 7) is 0. The van der Waals surface area contributed by atoms with Gasteiger partial charge in [-0.25, -0.2) is 9.59 Å². The number of hydrogen-bond acceptors (Lipinski definition) is 3. The summed E-state index contributed by atoms with van der Waals surface area (Å²) >= 11 is 13.8. The number of carboxylic acid groups (broad SMARTS) is 1. The van der Waals surface area contributed by atoms with Crippen molar-refractivity contribution in [3.63, 3.8) is 0 Å². The van der Waals surface area contributed by atoms with Gasteiger partial charge >= 0.3 is 12.0 Å². The summed E-state index contributed by atoms with van der Waals surface area (Å²) in [6.07, 6.45) is 0.952. The number of thioether (sulfide) groups is 1. The van der Waals surface area contributed by atoms with Gasteiger partial charge in [0.05, 0.1) is 21.3 Å². The lowest BCUT2D eigenvalue weighted by Crippen LogP contribution is -2.40. The Kier molecular flexibility index (Phi) is 5.24. The van der Waals surface area contributed by atoms with Crippen molar-refractivity contribution >= 4 is 52.7 Å². The van der Waals surface area contributed by atoms with Crippen LogP contribution in [0.3, 0.4) is 0 Å². The summed E-state index contributed by atoms with van der Waals surface area (Å²) < 4.78 is 0. The highest BCUT2D eigenvalue weighted by molar-refractivity contribution is 7.99. The van der Waals surface area contributed by atoms with Gasteiger partial charge in [0, 0.05) is 18.8 Å². The fourth-order valence-corrected chi connectivity index (χ4v) is 3.85. The molecule has 1 aromatic rings. The van der Waals surface area contributed by atoms with E-state index < -0.39 is 5.97 Å². The first kappa shape index (κ1) is 16.3. The van der Waals surface area contributed by atoms with Gasteiger partial charge in [-0.05, 0) is 24.3 Å². The molecule has 0 radical (unpaired) electrons. The summed E-state index contributed by atoms with van der Waals surface area (Å²) in [5.41, 5.74) is 0.203. The van der Waals surface area contributed by atoms with Crippen molar-refractivity contribution in [1.29, 1.82) is 0 Å². The SMILES string of the molecule is CN(C(=O)Nc1c(Cl)cc(C(=O)O)cc1Cl)C1CCSC1. The second kappa shape index (κ2) is 6.77. The van der Waals surface area contributed by atoms with E-state index in [1.165, 1.54) is 12.1 Å². The van der Waals surface area contributed by atoms with Crippen LogP contribution in [-0.4, -0.2) is 46.6 Å². The van der Waals surface area contributed by atoms with Crippen molar-refractivity contribution in [3.8, 4) is 0 Å². The Bertz CT molecular complexity index is 554. The predicted molar refractivity (Wildman–Crippen MR) is 85.9 cm³/mol. The Morgan fingerprint density at radius 3 is 2.48 bits per heavy atom. The van der Waals surface area contributed by atoms with Crippen molar-refractivity contribution in [3.05, 3.63) is 27.7 Å². The highest BCUT2D eigenvalue weighted by Gasteiger charge is 2.25. The fraction of sp³-hybridized carbons (Fsp3) is 0.385. The maximum Gasteiger partial charge on any atom is 0.335 e. The van der Waals surface area contributed by atoms with Gasteiger partial charge in [-0.1, -0.05) is 23.2 Å². The molecule has 5 nitrogen and oxygen atoms in total. The monoisotopic (exact) mass is 348 g/mol. The number of nitrogens with one attached hydrogen (secondary N) is 1. The number of nitrogens with zero attached hydrogens (tertiary/aromatic N) is 1. The molecule has 1 aliphatic heterocycles. The van der Waals surface area contributed by atoms with Gasteiger partial charge in [-0.3, -0.25) is 0 Å². The number of anilines is 1. The highest BCUT2D eigenvalue weighted by Crippen LogP contribution is 2.32. The van der Waals surface area contributed by atoms with Crippen LogP contribution in [0.15, 0.2) is 12.1 Å². The molecule has 1 heterocycles. The summed E-state index contributed by atoms with van der Waals surface area (Å²) in [4.78, 5) is 24.7. The van der Waals surface area contributed by atoms with Crippen LogP contribution in [0.2, 0.25) is 10.0 Å². The maximum absolute atomic E-state index is 12.2. The molecule has 2 rings (SSSR count). The molecule has 8 heteroatoms. The van der Waals surface area contributed by atoms with E-state index in [1.807, 2.05) is 0 Å². The predicted octanol–water partition coefficient (Wildman–Crippen LogP) is 3.66. The summed E-state index contributed by atoms with van der Waals surface area (Å²) in [5, 5.41) is 11.8. The number of halogens is 2. The third-order valence-electron chi connectivity index (χ3n) is 3.29. The van der Waals surface area contributed by atoms with Crippen LogP contribution < -0.4 is 5.32 Å². The third-order valence-corrected chi connectivity index (χ3v) is 5.04. The third kappa shape index (κ3) is 3.75. The first-order chi connectivity index (χ1) is 9.90. The molecule has 1 atom stereocenters. The van der Waals surface area contributed by atoms with E-state index in [1.54, 1.807) is 23.7 Å². The van der Waals surface area contributed by atoms with Gasteiger partial charge in [0.25, 0.3) is 0 Å². The Labute approximate surface area is 136 Å². The molecule has 0 bridgehead atoms. The molecule has 114 valence electrons. The lowest BCUT2D eigenvalue weighted by atomic mass is 10.2. The van der Waals surface area contributed by atoms with E-state index in [0.29, 0.717) is 0 Å². The van der Waals surface area contributed by atoms with Crippen molar-refractivity contribution in [2.24, 2.45) is 0 Å². The Hall–Kier alpha value is -1.11. The van der Waals surface area contributed by atoms with E-state index in [4.69, 9.17) is 28.3 Å². The molecule has 0 aliphatic carbocycles. The minimum atomic E-state index is -1.13. The largest absolute Gasteiger partial charge is 0.478 e. The van der Waals surface area contributed by atoms with Gasteiger partial charge in [0.15, 0.2) is 0 Å². The first-order valence-corrected chi connectivity index (χ1v) is 8.15. The van der Waals surface area contributed by atoms with Gasteiger partial charge in [0.2, 0.25) is 0 Å². The van der Waals surface area contributed by atoms with Crippen molar-refractivity contribution in [2.75, 3.05) is 23.9 Å². The number of urea groups is 1. The van der Waals surface area contributed by atoms with Gasteiger partial charge < -0.3 is 15.3 Å². The van der Waals surface area contributed by atoms with E-state index >= 15 is 0 Å². The average molecular weight is 349 g/mol. The zero-order chi connectivity index (χ0) is 15.6. The van der Waals surface area contributed by atoms with Crippen LogP contribution in [0.1, 0.15) is 16.8 Å². The molecule has 1 aliphatic rings. The van der Waals surface area contributed by atoms with Crippen LogP contribution in [0.25, 0.3) is 0 Å². The van der Waals surface area contributed by atoms with E-state index in [9.17, 15) is 9.59 Å². The first-order valence-electron chi connectivity index (χ1n) is 6.24. The molecule has 1 saturated heterocycles. The van der Waals surface area contributed by atoms with Gasteiger partial charge in [0.1, 0.15) is 0 Å². The average Bonchev–Trinajstić information content (AvgIpc) is 2.95. The number of amides is 2. The van der Waals surface area contributed by atoms with E-state index in [0.717, 1.165) is 17.9 Å². The van der Waals surface area contributed by atoms with Crippen molar-refractivity contribution in [1.82, 2.24) is 4.90 Å². The molecule has 0 aromatic heterocycles. The van der Waals surface area contributed by atoms with Crippen LogP contribution in [0.5, 0.6) is 0 Å². The van der Waals surface area contributed by atoms with Crippen LogP contribution in [0, 0.1) is 0 Å². The normalized spacial score (nSPS) is 17.6. The quantitative estimate of drug-likeness (QED) is 0.874. The molecule has 2 amide bonds. The molecule has 1 aromatic carbocycles. The molecule has 2 N–H and O–H groups in total. The molecule has 21 heavy (non-hydrogen) atoms. The zero-order valence-electron chi connectivity index (χ0n) is 11.2. The van der Waals surface area contributed by atoms with Crippen LogP contribution in [-0.2, 0) is 0 Å². The summed E-state index contributed by atoms with van der Waals surface area (Å²) in [7, 11) is 1.72. The van der Waals surface area contributed by atoms with Crippen LogP contribution in [0.4, 0.5) is 10.5 Å². The number of rotatable bonds is 3. The second-order valence-corrected chi connectivity index (χ2v) is 6.64. The highest BCUT2D eigenvalue weighted by atomic mass is 35.5. The minimum absolute atomic E-state index is 0.0245. The maximum atomic E-state index is 12.2. The number of benzene rings is 1. The zero-order valence-corrected chi connectivity index (χ0v) is 13.6. The minimum Gasteiger partial charge on any atom is -0.478 e. The number of hydrogen-bond donors (Lipinski definition) is 2. The van der Waals surface area contributed by atoms with E-state index in [-0.39, 0.29) is 33.4 Å². The van der Waals surface area contributed by atoms with Crippen LogP contribution >= 0.6 is 35.0 Å². The molecular formula is C13H14Cl2N2O3S. The number of carbonyl (C=O) groups is 2. The van der Waals surface area contributed by atoms with E-state index in [2.05, 4.69) is 5.32 Å². The molecule has 1 unspecified atom stereocenters. The second-order valence-electron chi connectivity index (χ2n) is 4.68. The Morgan fingerprint density at radius 2 is 2.00 bits per heavy atom. The standard InChI is InChI=1S/C13H14Cl2N2O3S/c1-17(8-2-3-21-6-8)13(20)16-11-9(14)4-7(12(18)19)5-10(11)15/h4-5,8H,2-3,6H2,1H3,(H,16,20)(H,18,19). The number of carboxylic acids is 1. The van der Waals surface area contributed by atoms with Gasteiger partial charge in [-0.15, -0.1) is 0 Å². The lowest BCUT2D eigenvalue weighted by Gasteiger charge is -2.24. The fourth-order valence-electron chi connectivity index (χ4n) is 2.00. The smallest absolute Gasteiger partial charge is 0.335 e. The topological polar surface area (TPSA) is 69.6 Å². The lowest BCUT2D eigenvalue weighted by molar-refractivity contribution is 0.0697. The molecular weight excluding hydrogens is 335 g/mol. The molecule has 0 saturated carbocycles. The number of aromatic carboxylic acids is 1. The number of carbonyl (C=O) groups excluding carboxylic acids is 1. The molecule has 1 fully saturated rings. The molecule has 0 spiro atoms. The Morgan fingerprint density at radius 1 is 1.38 bits per heavy atom. The van der Waals surface area contributed by atoms with Crippen molar-refractivity contribution in [2.45, 2.75) is 12.5 Å².